The van der Waals surface area contributed by atoms with Gasteiger partial charge in [0.15, 0.2) is 0 Å². The first-order valence-electron chi connectivity index (χ1n) is 12.0. The van der Waals surface area contributed by atoms with Crippen LogP contribution in [0.15, 0.2) is 78.9 Å². The van der Waals surface area contributed by atoms with Crippen LogP contribution in [-0.4, -0.2) is 47.0 Å². The van der Waals surface area contributed by atoms with Crippen LogP contribution in [0.3, 0.4) is 0 Å². The predicted molar refractivity (Wildman–Crippen MR) is 134 cm³/mol. The van der Waals surface area contributed by atoms with Crippen molar-refractivity contribution < 1.29 is 9.90 Å². The Kier molecular flexibility index (Phi) is 7.14. The monoisotopic (exact) mass is 442 g/mol. The molecule has 0 spiro atoms. The van der Waals surface area contributed by atoms with Crippen molar-refractivity contribution in [2.45, 2.75) is 38.6 Å². The molecule has 3 aromatic carbocycles. The number of phenols is 1. The summed E-state index contributed by atoms with van der Waals surface area (Å²) in [6.45, 7) is 8.21. The van der Waals surface area contributed by atoms with Gasteiger partial charge in [-0.25, -0.2) is 0 Å². The van der Waals surface area contributed by atoms with E-state index in [1.807, 2.05) is 49.1 Å². The number of hydrogen-bond donors (Lipinski definition) is 1. The zero-order chi connectivity index (χ0) is 23.3. The first kappa shape index (κ1) is 23.1. The van der Waals surface area contributed by atoms with Crippen molar-refractivity contribution in [2.75, 3.05) is 26.2 Å². The summed E-state index contributed by atoms with van der Waals surface area (Å²) in [6, 6.07) is 26.3. The lowest BCUT2D eigenvalue weighted by Crippen LogP contribution is -2.44. The van der Waals surface area contributed by atoms with Crippen LogP contribution >= 0.6 is 0 Å². The minimum Gasteiger partial charge on any atom is -0.508 e. The lowest BCUT2D eigenvalue weighted by Gasteiger charge is -2.44. The molecule has 172 valence electrons. The van der Waals surface area contributed by atoms with E-state index in [0.717, 1.165) is 49.2 Å². The average molecular weight is 443 g/mol. The zero-order valence-corrected chi connectivity index (χ0v) is 19.7. The Morgan fingerprint density at radius 1 is 0.909 bits per heavy atom. The Hall–Kier alpha value is -3.11. The van der Waals surface area contributed by atoms with Crippen LogP contribution in [0.25, 0.3) is 0 Å². The van der Waals surface area contributed by atoms with E-state index in [0.29, 0.717) is 13.1 Å². The van der Waals surface area contributed by atoms with Crippen LogP contribution in [0.2, 0.25) is 0 Å². The molecular weight excluding hydrogens is 408 g/mol. The van der Waals surface area contributed by atoms with Crippen molar-refractivity contribution in [1.82, 2.24) is 9.80 Å². The highest BCUT2D eigenvalue weighted by atomic mass is 16.3. The molecular formula is C29H34N2O2. The number of amides is 1. The molecule has 1 fully saturated rings. The third-order valence-corrected chi connectivity index (χ3v) is 7.08. The van der Waals surface area contributed by atoms with Crippen LogP contribution < -0.4 is 0 Å². The van der Waals surface area contributed by atoms with Crippen LogP contribution in [0, 0.1) is 0 Å². The summed E-state index contributed by atoms with van der Waals surface area (Å²) in [7, 11) is 0. The SMILES string of the molecule is CCN(CC)C(=O)c1ccccc1C1(c2cccc(O)c2)CCN(Cc2ccccc2)CC1. The molecule has 0 saturated carbocycles. The number of rotatable bonds is 7. The number of hydrogen-bond acceptors (Lipinski definition) is 3. The normalized spacial score (nSPS) is 15.8. The van der Waals surface area contributed by atoms with Gasteiger partial charge in [-0.05, 0) is 74.7 Å². The molecule has 0 aliphatic carbocycles. The van der Waals surface area contributed by atoms with Crippen molar-refractivity contribution in [3.05, 3.63) is 101 Å². The van der Waals surface area contributed by atoms with E-state index in [9.17, 15) is 9.90 Å². The first-order valence-corrected chi connectivity index (χ1v) is 12.0. The number of nitrogens with zero attached hydrogens (tertiary/aromatic N) is 2. The quantitative estimate of drug-likeness (QED) is 0.529. The lowest BCUT2D eigenvalue weighted by atomic mass is 9.66. The first-order chi connectivity index (χ1) is 16.1. The summed E-state index contributed by atoms with van der Waals surface area (Å²) in [5.74, 6) is 0.355. The molecule has 0 unspecified atom stereocenters. The smallest absolute Gasteiger partial charge is 0.254 e. The van der Waals surface area contributed by atoms with E-state index in [4.69, 9.17) is 0 Å². The Balaban J connectivity index is 1.72. The zero-order valence-electron chi connectivity index (χ0n) is 19.7. The predicted octanol–water partition coefficient (Wildman–Crippen LogP) is 5.46. The maximum atomic E-state index is 13.5. The molecule has 0 atom stereocenters. The molecule has 33 heavy (non-hydrogen) atoms. The fourth-order valence-corrected chi connectivity index (χ4v) is 5.22. The molecule has 1 aliphatic heterocycles. The van der Waals surface area contributed by atoms with E-state index >= 15 is 0 Å². The molecule has 1 aliphatic rings. The number of phenolic OH excluding ortho intramolecular Hbond substituents is 1. The standard InChI is InChI=1S/C29H34N2O2/c1-3-31(4-2)28(33)26-15-8-9-16-27(26)29(24-13-10-14-25(32)21-24)17-19-30(20-18-29)22-23-11-6-5-7-12-23/h5-16,21,32H,3-4,17-20,22H2,1-2H3. The second-order valence-electron chi connectivity index (χ2n) is 8.92. The number of piperidine rings is 1. The lowest BCUT2D eigenvalue weighted by molar-refractivity contribution is 0.0768. The minimum absolute atomic E-state index is 0.0850. The van der Waals surface area contributed by atoms with Crippen molar-refractivity contribution in [3.8, 4) is 5.75 Å². The topological polar surface area (TPSA) is 43.8 Å². The van der Waals surface area contributed by atoms with E-state index in [1.165, 1.54) is 5.56 Å². The molecule has 0 bridgehead atoms. The Bertz CT molecular complexity index is 1070. The number of carbonyl (C=O) groups is 1. The third kappa shape index (κ3) is 4.81. The summed E-state index contributed by atoms with van der Waals surface area (Å²) < 4.78 is 0. The fourth-order valence-electron chi connectivity index (χ4n) is 5.22. The van der Waals surface area contributed by atoms with Gasteiger partial charge in [-0.15, -0.1) is 0 Å². The van der Waals surface area contributed by atoms with Gasteiger partial charge in [0.05, 0.1) is 0 Å². The second-order valence-corrected chi connectivity index (χ2v) is 8.92. The molecule has 4 rings (SSSR count). The average Bonchev–Trinajstić information content (AvgIpc) is 2.86. The van der Waals surface area contributed by atoms with Gasteiger partial charge < -0.3 is 10.0 Å². The highest BCUT2D eigenvalue weighted by molar-refractivity contribution is 5.96. The Labute approximate surface area is 197 Å². The second kappa shape index (κ2) is 10.2. The highest BCUT2D eigenvalue weighted by Crippen LogP contribution is 2.44. The molecule has 1 amide bonds. The van der Waals surface area contributed by atoms with Gasteiger partial charge in [-0.2, -0.15) is 0 Å². The van der Waals surface area contributed by atoms with Gasteiger partial charge in [-0.3, -0.25) is 9.69 Å². The van der Waals surface area contributed by atoms with Gasteiger partial charge in [0.2, 0.25) is 0 Å². The van der Waals surface area contributed by atoms with Gasteiger partial charge in [0.25, 0.3) is 5.91 Å². The number of carbonyl (C=O) groups excluding carboxylic acids is 1. The van der Waals surface area contributed by atoms with Crippen LogP contribution in [0.5, 0.6) is 5.75 Å². The molecule has 3 aromatic rings. The van der Waals surface area contributed by atoms with Crippen molar-refractivity contribution >= 4 is 5.91 Å². The van der Waals surface area contributed by atoms with E-state index in [1.54, 1.807) is 6.07 Å². The van der Waals surface area contributed by atoms with Crippen LogP contribution in [-0.2, 0) is 12.0 Å². The highest BCUT2D eigenvalue weighted by Gasteiger charge is 2.40. The molecule has 1 N–H and O–H groups in total. The van der Waals surface area contributed by atoms with Crippen molar-refractivity contribution in [1.29, 1.82) is 0 Å². The molecule has 4 nitrogen and oxygen atoms in total. The number of aromatic hydroxyl groups is 1. The van der Waals surface area contributed by atoms with E-state index < -0.39 is 0 Å². The van der Waals surface area contributed by atoms with Gasteiger partial charge >= 0.3 is 0 Å². The Morgan fingerprint density at radius 3 is 2.24 bits per heavy atom. The number of benzene rings is 3. The fraction of sp³-hybridized carbons (Fsp3) is 0.345. The van der Waals surface area contributed by atoms with E-state index in [-0.39, 0.29) is 17.1 Å². The minimum atomic E-state index is -0.314. The van der Waals surface area contributed by atoms with Crippen molar-refractivity contribution in [2.24, 2.45) is 0 Å². The van der Waals surface area contributed by atoms with Gasteiger partial charge in [-0.1, -0.05) is 60.7 Å². The molecule has 0 radical (unpaired) electrons. The molecule has 1 heterocycles. The number of likely N-dealkylation sites (tertiary alicyclic amines) is 1. The summed E-state index contributed by atoms with van der Waals surface area (Å²) >= 11 is 0. The Morgan fingerprint density at radius 2 is 1.58 bits per heavy atom. The molecule has 1 saturated heterocycles. The van der Waals surface area contributed by atoms with Crippen molar-refractivity contribution in [3.63, 3.8) is 0 Å². The van der Waals surface area contributed by atoms with Crippen LogP contribution in [0.1, 0.15) is 53.7 Å². The third-order valence-electron chi connectivity index (χ3n) is 7.08. The van der Waals surface area contributed by atoms with E-state index in [2.05, 4.69) is 47.4 Å². The van der Waals surface area contributed by atoms with Crippen LogP contribution in [0.4, 0.5) is 0 Å². The summed E-state index contributed by atoms with van der Waals surface area (Å²) in [4.78, 5) is 17.9. The molecule has 4 heteroatoms. The largest absolute Gasteiger partial charge is 0.508 e. The van der Waals surface area contributed by atoms with Gasteiger partial charge in [0, 0.05) is 30.6 Å². The molecule has 0 aromatic heterocycles. The maximum Gasteiger partial charge on any atom is 0.254 e. The van der Waals surface area contributed by atoms with Gasteiger partial charge in [0.1, 0.15) is 5.75 Å². The summed E-state index contributed by atoms with van der Waals surface area (Å²) in [5.41, 5.74) is 3.94. The maximum absolute atomic E-state index is 13.5. The summed E-state index contributed by atoms with van der Waals surface area (Å²) in [5, 5.41) is 10.3. The summed E-state index contributed by atoms with van der Waals surface area (Å²) in [6.07, 6.45) is 1.79.